The molecule has 1 aromatic rings. The van der Waals surface area contributed by atoms with Gasteiger partial charge >= 0.3 is 0 Å². The summed E-state index contributed by atoms with van der Waals surface area (Å²) in [5, 5.41) is 6.45. The van der Waals surface area contributed by atoms with E-state index in [4.69, 9.17) is 0 Å². The first-order chi connectivity index (χ1) is 5.79. The molecule has 1 N–H and O–H groups in total. The van der Waals surface area contributed by atoms with E-state index in [1.54, 1.807) is 6.20 Å². The molecule has 3 heteroatoms. The molecule has 0 saturated carbocycles. The maximum atomic E-state index is 3.70. The van der Waals surface area contributed by atoms with Crippen molar-refractivity contribution in [3.8, 4) is 0 Å². The van der Waals surface area contributed by atoms with Crippen LogP contribution in [-0.4, -0.2) is 21.7 Å². The largest absolute Gasteiger partial charge is 0.283 e. The quantitative estimate of drug-likeness (QED) is 0.671. The highest BCUT2D eigenvalue weighted by molar-refractivity contribution is 7.99. The highest BCUT2D eigenvalue weighted by Crippen LogP contribution is 2.21. The van der Waals surface area contributed by atoms with Crippen LogP contribution in [0.1, 0.15) is 19.0 Å². The van der Waals surface area contributed by atoms with Gasteiger partial charge in [-0.25, -0.2) is 0 Å². The fourth-order valence-electron chi connectivity index (χ4n) is 0.978. The van der Waals surface area contributed by atoms with Gasteiger partial charge in [-0.1, -0.05) is 6.92 Å². The monoisotopic (exact) mass is 184 g/mol. The SMILES string of the molecule is CC1CCSC1.Cc1ccn[nH]1. The molecule has 0 bridgehead atoms. The first-order valence-corrected chi connectivity index (χ1v) is 5.48. The Hall–Kier alpha value is -0.440. The summed E-state index contributed by atoms with van der Waals surface area (Å²) in [6, 6.07) is 1.92. The van der Waals surface area contributed by atoms with Crippen molar-refractivity contribution in [1.82, 2.24) is 10.2 Å². The third-order valence-electron chi connectivity index (χ3n) is 1.80. The second kappa shape index (κ2) is 5.25. The molecule has 0 aliphatic carbocycles. The van der Waals surface area contributed by atoms with Crippen LogP contribution in [0.4, 0.5) is 0 Å². The van der Waals surface area contributed by atoms with Crippen molar-refractivity contribution in [2.24, 2.45) is 5.92 Å². The summed E-state index contributed by atoms with van der Waals surface area (Å²) in [6.07, 6.45) is 3.18. The summed E-state index contributed by atoms with van der Waals surface area (Å²) in [5.41, 5.74) is 1.11. The van der Waals surface area contributed by atoms with Crippen molar-refractivity contribution in [2.75, 3.05) is 11.5 Å². The third kappa shape index (κ3) is 3.81. The van der Waals surface area contributed by atoms with Gasteiger partial charge in [0.2, 0.25) is 0 Å². The van der Waals surface area contributed by atoms with Gasteiger partial charge in [0.15, 0.2) is 0 Å². The number of H-pyrrole nitrogens is 1. The maximum Gasteiger partial charge on any atom is 0.0489 e. The summed E-state index contributed by atoms with van der Waals surface area (Å²) < 4.78 is 0. The fraction of sp³-hybridized carbons (Fsp3) is 0.667. The van der Waals surface area contributed by atoms with Gasteiger partial charge in [-0.15, -0.1) is 0 Å². The third-order valence-corrected chi connectivity index (χ3v) is 3.13. The van der Waals surface area contributed by atoms with Gasteiger partial charge in [0, 0.05) is 11.9 Å². The molecule has 2 heterocycles. The molecule has 2 nitrogen and oxygen atoms in total. The molecule has 1 fully saturated rings. The summed E-state index contributed by atoms with van der Waals surface area (Å²) in [7, 11) is 0. The van der Waals surface area contributed by atoms with Gasteiger partial charge in [0.1, 0.15) is 0 Å². The number of aromatic nitrogens is 2. The van der Waals surface area contributed by atoms with Crippen LogP contribution < -0.4 is 0 Å². The number of aryl methyl sites for hydroxylation is 1. The van der Waals surface area contributed by atoms with Crippen LogP contribution in [0, 0.1) is 12.8 Å². The molecule has 1 saturated heterocycles. The number of nitrogens with one attached hydrogen (secondary N) is 1. The van der Waals surface area contributed by atoms with Crippen LogP contribution in [0.15, 0.2) is 12.3 Å². The molecule has 1 aliphatic heterocycles. The summed E-state index contributed by atoms with van der Waals surface area (Å²) in [6.45, 7) is 4.28. The Morgan fingerprint density at radius 2 is 2.50 bits per heavy atom. The summed E-state index contributed by atoms with van der Waals surface area (Å²) in [5.74, 6) is 3.82. The van der Waals surface area contributed by atoms with Crippen molar-refractivity contribution in [2.45, 2.75) is 20.3 Å². The number of aromatic amines is 1. The first kappa shape index (κ1) is 9.65. The summed E-state index contributed by atoms with van der Waals surface area (Å²) in [4.78, 5) is 0. The standard InChI is InChI=1S/C5H10S.C4H6N2/c1-5-2-3-6-4-5;1-4-2-3-5-6-4/h5H,2-4H2,1H3;2-3H,1H3,(H,5,6). The molecule has 1 aliphatic rings. The van der Waals surface area contributed by atoms with Gasteiger partial charge in [-0.2, -0.15) is 16.9 Å². The first-order valence-electron chi connectivity index (χ1n) is 4.33. The average Bonchev–Trinajstić information content (AvgIpc) is 2.63. The number of hydrogen-bond donors (Lipinski definition) is 1. The zero-order valence-corrected chi connectivity index (χ0v) is 8.53. The molecule has 1 aromatic heterocycles. The molecule has 1 unspecified atom stereocenters. The average molecular weight is 184 g/mol. The molecule has 0 amide bonds. The molecular formula is C9H16N2S. The predicted octanol–water partition coefficient (Wildman–Crippen LogP) is 2.48. The molecular weight excluding hydrogens is 168 g/mol. The zero-order chi connectivity index (χ0) is 8.81. The highest BCUT2D eigenvalue weighted by Gasteiger charge is 2.07. The number of nitrogens with zero attached hydrogens (tertiary/aromatic N) is 1. The molecule has 68 valence electrons. The van der Waals surface area contributed by atoms with E-state index in [9.17, 15) is 0 Å². The number of hydrogen-bond acceptors (Lipinski definition) is 2. The van der Waals surface area contributed by atoms with E-state index < -0.39 is 0 Å². The smallest absolute Gasteiger partial charge is 0.0489 e. The number of thioether (sulfide) groups is 1. The second-order valence-electron chi connectivity index (χ2n) is 3.21. The molecule has 1 atom stereocenters. The van der Waals surface area contributed by atoms with Crippen LogP contribution in [0.3, 0.4) is 0 Å². The zero-order valence-electron chi connectivity index (χ0n) is 7.71. The van der Waals surface area contributed by atoms with E-state index in [0.29, 0.717) is 0 Å². The molecule has 2 rings (SSSR count). The molecule has 12 heavy (non-hydrogen) atoms. The Kier molecular flexibility index (Phi) is 4.22. The minimum atomic E-state index is 1.01. The Morgan fingerprint density at radius 1 is 1.67 bits per heavy atom. The number of rotatable bonds is 0. The van der Waals surface area contributed by atoms with Crippen molar-refractivity contribution in [1.29, 1.82) is 0 Å². The van der Waals surface area contributed by atoms with Crippen molar-refractivity contribution >= 4 is 11.8 Å². The van der Waals surface area contributed by atoms with E-state index in [1.807, 2.05) is 13.0 Å². The lowest BCUT2D eigenvalue weighted by Gasteiger charge is -1.90. The van der Waals surface area contributed by atoms with Crippen molar-refractivity contribution in [3.05, 3.63) is 18.0 Å². The van der Waals surface area contributed by atoms with Crippen molar-refractivity contribution in [3.63, 3.8) is 0 Å². The summed E-state index contributed by atoms with van der Waals surface area (Å²) >= 11 is 2.08. The van der Waals surface area contributed by atoms with Crippen LogP contribution in [0.25, 0.3) is 0 Å². The topological polar surface area (TPSA) is 28.7 Å². The fourth-order valence-corrected chi connectivity index (χ4v) is 2.28. The normalized spacial score (nSPS) is 21.7. The van der Waals surface area contributed by atoms with Gasteiger partial charge in [0.05, 0.1) is 0 Å². The molecule has 0 aromatic carbocycles. The van der Waals surface area contributed by atoms with E-state index in [1.165, 1.54) is 17.9 Å². The van der Waals surface area contributed by atoms with Gasteiger partial charge in [-0.05, 0) is 36.8 Å². The maximum absolute atomic E-state index is 3.70. The van der Waals surface area contributed by atoms with Crippen LogP contribution >= 0.6 is 11.8 Å². The van der Waals surface area contributed by atoms with Gasteiger partial charge in [-0.3, -0.25) is 5.10 Å². The Morgan fingerprint density at radius 3 is 2.67 bits per heavy atom. The lowest BCUT2D eigenvalue weighted by molar-refractivity contribution is 0.669. The highest BCUT2D eigenvalue weighted by atomic mass is 32.2. The van der Waals surface area contributed by atoms with Crippen LogP contribution in [0.2, 0.25) is 0 Å². The Balaban J connectivity index is 0.000000120. The van der Waals surface area contributed by atoms with E-state index in [2.05, 4.69) is 28.9 Å². The minimum absolute atomic E-state index is 1.01. The molecule has 0 radical (unpaired) electrons. The predicted molar refractivity (Wildman–Crippen MR) is 54.4 cm³/mol. The van der Waals surface area contributed by atoms with E-state index >= 15 is 0 Å². The Bertz CT molecular complexity index is 190. The Labute approximate surface area is 78.1 Å². The lowest BCUT2D eigenvalue weighted by atomic mass is 10.2. The van der Waals surface area contributed by atoms with Crippen LogP contribution in [0.5, 0.6) is 0 Å². The van der Waals surface area contributed by atoms with Gasteiger partial charge in [0.25, 0.3) is 0 Å². The van der Waals surface area contributed by atoms with Crippen LogP contribution in [-0.2, 0) is 0 Å². The molecule has 0 spiro atoms. The van der Waals surface area contributed by atoms with E-state index in [0.717, 1.165) is 11.6 Å². The van der Waals surface area contributed by atoms with Crippen molar-refractivity contribution < 1.29 is 0 Å². The second-order valence-corrected chi connectivity index (χ2v) is 4.36. The lowest BCUT2D eigenvalue weighted by Crippen LogP contribution is -1.85. The van der Waals surface area contributed by atoms with E-state index in [-0.39, 0.29) is 0 Å². The minimum Gasteiger partial charge on any atom is -0.283 e. The van der Waals surface area contributed by atoms with Gasteiger partial charge < -0.3 is 0 Å².